The minimum Gasteiger partial charge on any atom is -0.154 e. The Morgan fingerprint density at radius 3 is 1.88 bits per heavy atom. The molecule has 126 valence electrons. The van der Waals surface area contributed by atoms with Gasteiger partial charge in [-0.05, 0) is 34.9 Å². The van der Waals surface area contributed by atoms with Crippen LogP contribution >= 0.6 is 11.6 Å². The quantitative estimate of drug-likeness (QED) is 0.548. The summed E-state index contributed by atoms with van der Waals surface area (Å²) in [5.74, 6) is 0. The molecule has 0 aliphatic carbocycles. The van der Waals surface area contributed by atoms with Gasteiger partial charge >= 0.3 is 0 Å². The second-order valence-corrected chi connectivity index (χ2v) is 6.55. The average molecular weight is 357 g/mol. The fourth-order valence-corrected chi connectivity index (χ4v) is 3.09. The highest BCUT2D eigenvalue weighted by Crippen LogP contribution is 2.26. The number of halogens is 1. The number of benzene rings is 3. The Balaban J connectivity index is 1.81. The first-order chi connectivity index (χ1) is 12.8. The van der Waals surface area contributed by atoms with Crippen molar-refractivity contribution in [2.45, 2.75) is 6.42 Å². The van der Waals surface area contributed by atoms with Crippen molar-refractivity contribution in [2.75, 3.05) is 0 Å². The summed E-state index contributed by atoms with van der Waals surface area (Å²) >= 11 is 6.07. The van der Waals surface area contributed by atoms with E-state index >= 15 is 0 Å². The van der Waals surface area contributed by atoms with Crippen LogP contribution in [0.15, 0.2) is 101 Å². The lowest BCUT2D eigenvalue weighted by Crippen LogP contribution is -2.01. The summed E-state index contributed by atoms with van der Waals surface area (Å²) in [4.78, 5) is 0. The van der Waals surface area contributed by atoms with Gasteiger partial charge in [-0.3, -0.25) is 0 Å². The molecule has 3 aromatic rings. The van der Waals surface area contributed by atoms with E-state index in [-0.39, 0.29) is 0 Å². The van der Waals surface area contributed by atoms with Crippen molar-refractivity contribution >= 4 is 28.6 Å². The van der Waals surface area contributed by atoms with E-state index in [4.69, 9.17) is 11.6 Å². The monoisotopic (exact) mass is 356 g/mol. The zero-order chi connectivity index (χ0) is 17.8. The molecule has 0 N–H and O–H groups in total. The van der Waals surface area contributed by atoms with E-state index in [1.54, 1.807) is 0 Å². The number of hydrogen-bond acceptors (Lipinski definition) is 2. The number of rotatable bonds is 3. The van der Waals surface area contributed by atoms with Crippen LogP contribution in [0.5, 0.6) is 0 Å². The lowest BCUT2D eigenvalue weighted by atomic mass is 9.95. The lowest BCUT2D eigenvalue weighted by Gasteiger charge is -2.09. The standard InChI is InChI=1S/C23H17ClN2/c24-21-13-11-17(12-14-21)20-15-22(18-7-3-1-4-8-18)25-26-23(16-20)19-9-5-2-6-10-19/h1-15H,16H2. The predicted molar refractivity (Wildman–Crippen MR) is 110 cm³/mol. The highest BCUT2D eigenvalue weighted by molar-refractivity contribution is 6.30. The molecule has 2 nitrogen and oxygen atoms in total. The van der Waals surface area contributed by atoms with E-state index in [0.29, 0.717) is 6.42 Å². The molecule has 0 saturated heterocycles. The summed E-state index contributed by atoms with van der Waals surface area (Å²) in [5.41, 5.74) is 6.26. The highest BCUT2D eigenvalue weighted by Gasteiger charge is 2.14. The molecule has 0 aromatic heterocycles. The fourth-order valence-electron chi connectivity index (χ4n) is 2.96. The normalized spacial score (nSPS) is 14.1. The Morgan fingerprint density at radius 2 is 1.23 bits per heavy atom. The van der Waals surface area contributed by atoms with Gasteiger partial charge < -0.3 is 0 Å². The SMILES string of the molecule is Clc1ccc(C2=CC(c3ccccc3)=NN=C(c3ccccc3)C2)cc1. The topological polar surface area (TPSA) is 24.7 Å². The molecule has 3 heteroatoms. The predicted octanol–water partition coefficient (Wildman–Crippen LogP) is 6.02. The first kappa shape index (κ1) is 16.5. The summed E-state index contributed by atoms with van der Waals surface area (Å²) in [6.07, 6.45) is 2.84. The second-order valence-electron chi connectivity index (χ2n) is 6.12. The third-order valence-electron chi connectivity index (χ3n) is 4.34. The molecule has 0 unspecified atom stereocenters. The van der Waals surface area contributed by atoms with E-state index in [1.165, 1.54) is 5.57 Å². The Morgan fingerprint density at radius 1 is 0.615 bits per heavy atom. The van der Waals surface area contributed by atoms with Crippen molar-refractivity contribution in [1.29, 1.82) is 0 Å². The zero-order valence-electron chi connectivity index (χ0n) is 14.1. The molecular formula is C23H17ClN2. The minimum atomic E-state index is 0.714. The van der Waals surface area contributed by atoms with Crippen LogP contribution in [0.1, 0.15) is 23.1 Å². The second kappa shape index (κ2) is 7.51. The fraction of sp³-hybridized carbons (Fsp3) is 0.0435. The van der Waals surface area contributed by atoms with Crippen LogP contribution < -0.4 is 0 Å². The van der Waals surface area contributed by atoms with Gasteiger partial charge in [-0.25, -0.2) is 0 Å². The maximum Gasteiger partial charge on any atom is 0.0932 e. The molecule has 1 heterocycles. The molecular weight excluding hydrogens is 340 g/mol. The van der Waals surface area contributed by atoms with Gasteiger partial charge in [0.15, 0.2) is 0 Å². The Kier molecular flexibility index (Phi) is 4.76. The summed E-state index contributed by atoms with van der Waals surface area (Å²) < 4.78 is 0. The first-order valence-corrected chi connectivity index (χ1v) is 8.89. The van der Waals surface area contributed by atoms with Gasteiger partial charge in [0.05, 0.1) is 11.4 Å². The largest absolute Gasteiger partial charge is 0.154 e. The van der Waals surface area contributed by atoms with E-state index in [0.717, 1.165) is 33.1 Å². The van der Waals surface area contributed by atoms with E-state index in [2.05, 4.69) is 40.5 Å². The molecule has 0 saturated carbocycles. The number of allylic oxidation sites excluding steroid dienone is 2. The summed E-state index contributed by atoms with van der Waals surface area (Å²) in [6, 6.07) is 28.3. The van der Waals surface area contributed by atoms with Crippen LogP contribution in [0.4, 0.5) is 0 Å². The van der Waals surface area contributed by atoms with Crippen LogP contribution in [0.25, 0.3) is 5.57 Å². The van der Waals surface area contributed by atoms with Gasteiger partial charge in [0.2, 0.25) is 0 Å². The van der Waals surface area contributed by atoms with Crippen LogP contribution in [0, 0.1) is 0 Å². The van der Waals surface area contributed by atoms with Crippen molar-refractivity contribution in [3.8, 4) is 0 Å². The third kappa shape index (κ3) is 3.66. The van der Waals surface area contributed by atoms with E-state index < -0.39 is 0 Å². The Labute approximate surface area is 158 Å². The zero-order valence-corrected chi connectivity index (χ0v) is 14.9. The maximum absolute atomic E-state index is 6.07. The van der Waals surface area contributed by atoms with Crippen LogP contribution in [-0.4, -0.2) is 11.4 Å². The summed E-state index contributed by atoms with van der Waals surface area (Å²) in [6.45, 7) is 0. The van der Waals surface area contributed by atoms with Gasteiger partial charge in [-0.15, -0.1) is 0 Å². The van der Waals surface area contributed by atoms with Gasteiger partial charge in [-0.2, -0.15) is 10.2 Å². The molecule has 0 spiro atoms. The number of nitrogens with zero attached hydrogens (tertiary/aromatic N) is 2. The first-order valence-electron chi connectivity index (χ1n) is 8.51. The highest BCUT2D eigenvalue weighted by atomic mass is 35.5. The molecule has 1 aliphatic rings. The molecule has 1 aliphatic heterocycles. The smallest absolute Gasteiger partial charge is 0.0932 e. The Bertz CT molecular complexity index is 985. The molecule has 4 rings (SSSR count). The maximum atomic E-state index is 6.07. The number of hydrogen-bond donors (Lipinski definition) is 0. The summed E-state index contributed by atoms with van der Waals surface area (Å²) in [7, 11) is 0. The molecule has 0 amide bonds. The minimum absolute atomic E-state index is 0.714. The van der Waals surface area contributed by atoms with Crippen LogP contribution in [0.2, 0.25) is 5.02 Å². The molecule has 0 bridgehead atoms. The van der Waals surface area contributed by atoms with Gasteiger partial charge in [0.1, 0.15) is 0 Å². The van der Waals surface area contributed by atoms with E-state index in [9.17, 15) is 0 Å². The Hall–Kier alpha value is -2.97. The molecule has 0 radical (unpaired) electrons. The molecule has 3 aromatic carbocycles. The molecule has 0 atom stereocenters. The lowest BCUT2D eigenvalue weighted by molar-refractivity contribution is 1.22. The van der Waals surface area contributed by atoms with Crippen molar-refractivity contribution in [3.63, 3.8) is 0 Å². The van der Waals surface area contributed by atoms with Gasteiger partial charge in [0.25, 0.3) is 0 Å². The summed E-state index contributed by atoms with van der Waals surface area (Å²) in [5, 5.41) is 9.85. The van der Waals surface area contributed by atoms with E-state index in [1.807, 2.05) is 60.7 Å². The van der Waals surface area contributed by atoms with Crippen molar-refractivity contribution in [2.24, 2.45) is 10.2 Å². The third-order valence-corrected chi connectivity index (χ3v) is 4.59. The van der Waals surface area contributed by atoms with Crippen molar-refractivity contribution in [1.82, 2.24) is 0 Å². The molecule has 26 heavy (non-hydrogen) atoms. The average Bonchev–Trinajstić information content (AvgIpc) is 2.93. The molecule has 0 fully saturated rings. The van der Waals surface area contributed by atoms with Gasteiger partial charge in [0, 0.05) is 17.0 Å². The van der Waals surface area contributed by atoms with Crippen molar-refractivity contribution < 1.29 is 0 Å². The van der Waals surface area contributed by atoms with Crippen LogP contribution in [0.3, 0.4) is 0 Å². The van der Waals surface area contributed by atoms with Gasteiger partial charge in [-0.1, -0.05) is 84.4 Å². The van der Waals surface area contributed by atoms with Crippen molar-refractivity contribution in [3.05, 3.63) is 113 Å². The van der Waals surface area contributed by atoms with Crippen LogP contribution in [-0.2, 0) is 0 Å².